The van der Waals surface area contributed by atoms with Crippen LogP contribution < -0.4 is 0 Å². The van der Waals surface area contributed by atoms with E-state index in [0.717, 1.165) is 20.9 Å². The van der Waals surface area contributed by atoms with Gasteiger partial charge in [0.25, 0.3) is 0 Å². The van der Waals surface area contributed by atoms with E-state index in [1.807, 2.05) is 19.1 Å². The first-order valence-electron chi connectivity index (χ1n) is 5.94. The van der Waals surface area contributed by atoms with E-state index >= 15 is 0 Å². The zero-order chi connectivity index (χ0) is 14.3. The van der Waals surface area contributed by atoms with Gasteiger partial charge >= 0.3 is 0 Å². The first-order valence-corrected chi connectivity index (χ1v) is 7.11. The Hall–Kier alpha value is -1.52. The average Bonchev–Trinajstić information content (AvgIpc) is 2.40. The van der Waals surface area contributed by atoms with Gasteiger partial charge in [-0.15, -0.1) is 0 Å². The Labute approximate surface area is 128 Å². The van der Waals surface area contributed by atoms with Crippen LogP contribution in [0.25, 0.3) is 22.3 Å². The fraction of sp³-hybridized carbons (Fsp3) is 0.0667. The normalized spacial score (nSPS) is 11.0. The van der Waals surface area contributed by atoms with E-state index in [9.17, 15) is 4.39 Å². The molecule has 1 heterocycles. The molecule has 0 atom stereocenters. The van der Waals surface area contributed by atoms with Crippen LogP contribution in [0.1, 0.15) is 5.56 Å². The van der Waals surface area contributed by atoms with Crippen molar-refractivity contribution >= 4 is 38.4 Å². The minimum atomic E-state index is -0.363. The summed E-state index contributed by atoms with van der Waals surface area (Å²) in [6.07, 6.45) is 0. The Morgan fingerprint density at radius 2 is 1.90 bits per heavy atom. The predicted molar refractivity (Wildman–Crippen MR) is 82.4 cm³/mol. The van der Waals surface area contributed by atoms with Crippen molar-refractivity contribution in [2.24, 2.45) is 0 Å². The molecule has 0 fully saturated rings. The molecule has 0 radical (unpaired) electrons. The minimum absolute atomic E-state index is 0.297. The summed E-state index contributed by atoms with van der Waals surface area (Å²) in [6.45, 7) is 1.93. The summed E-state index contributed by atoms with van der Waals surface area (Å²) >= 11 is 9.63. The van der Waals surface area contributed by atoms with Crippen LogP contribution in [0.5, 0.6) is 0 Å². The lowest BCUT2D eigenvalue weighted by Gasteiger charge is -2.08. The summed E-state index contributed by atoms with van der Waals surface area (Å²) in [5.74, 6) is -0.0660. The first kappa shape index (κ1) is 13.5. The van der Waals surface area contributed by atoms with Gasteiger partial charge in [-0.05, 0) is 36.8 Å². The molecule has 0 saturated carbocycles. The van der Waals surface area contributed by atoms with Crippen molar-refractivity contribution in [3.8, 4) is 11.4 Å². The third-order valence-corrected chi connectivity index (χ3v) is 3.77. The summed E-state index contributed by atoms with van der Waals surface area (Å²) in [6, 6.07) is 10.2. The van der Waals surface area contributed by atoms with Crippen LogP contribution in [0.4, 0.5) is 4.39 Å². The number of aryl methyl sites for hydroxylation is 1. The summed E-state index contributed by atoms with van der Waals surface area (Å²) in [5.41, 5.74) is 2.03. The number of nitrogens with zero attached hydrogens (tertiary/aromatic N) is 2. The highest BCUT2D eigenvalue weighted by Crippen LogP contribution is 2.30. The molecule has 0 amide bonds. The summed E-state index contributed by atoms with van der Waals surface area (Å²) in [7, 11) is 0. The van der Waals surface area contributed by atoms with Crippen molar-refractivity contribution in [1.29, 1.82) is 0 Å². The summed E-state index contributed by atoms with van der Waals surface area (Å²) in [5, 5.41) is 1.07. The number of benzene rings is 2. The fourth-order valence-electron chi connectivity index (χ4n) is 2.09. The Morgan fingerprint density at radius 3 is 2.65 bits per heavy atom. The van der Waals surface area contributed by atoms with E-state index in [1.54, 1.807) is 18.2 Å². The van der Waals surface area contributed by atoms with Gasteiger partial charge in [0, 0.05) is 9.86 Å². The van der Waals surface area contributed by atoms with E-state index in [0.29, 0.717) is 16.5 Å². The summed E-state index contributed by atoms with van der Waals surface area (Å²) in [4.78, 5) is 8.66. The number of aromatic nitrogens is 2. The van der Waals surface area contributed by atoms with Crippen molar-refractivity contribution < 1.29 is 4.39 Å². The Morgan fingerprint density at radius 1 is 1.15 bits per heavy atom. The molecule has 0 aliphatic heterocycles. The lowest BCUT2D eigenvalue weighted by molar-refractivity contribution is 0.630. The Kier molecular flexibility index (Phi) is 3.44. The van der Waals surface area contributed by atoms with Crippen molar-refractivity contribution in [1.82, 2.24) is 9.97 Å². The maximum absolute atomic E-state index is 13.8. The SMILES string of the molecule is Cc1cc(Br)cc2c(Cl)nc(-c3ccccc3F)nc12. The van der Waals surface area contributed by atoms with Crippen LogP contribution in [0.3, 0.4) is 0 Å². The molecule has 100 valence electrons. The quantitative estimate of drug-likeness (QED) is 0.566. The van der Waals surface area contributed by atoms with Gasteiger partial charge in [0.1, 0.15) is 11.0 Å². The van der Waals surface area contributed by atoms with E-state index in [2.05, 4.69) is 25.9 Å². The lowest BCUT2D eigenvalue weighted by Crippen LogP contribution is -1.95. The molecule has 3 rings (SSSR count). The molecule has 0 aliphatic carbocycles. The highest BCUT2D eigenvalue weighted by atomic mass is 79.9. The van der Waals surface area contributed by atoms with Gasteiger partial charge in [0.05, 0.1) is 11.1 Å². The second-order valence-corrected chi connectivity index (χ2v) is 5.71. The average molecular weight is 352 g/mol. The van der Waals surface area contributed by atoms with Gasteiger partial charge < -0.3 is 0 Å². The third-order valence-electron chi connectivity index (χ3n) is 3.02. The van der Waals surface area contributed by atoms with Crippen LogP contribution in [-0.4, -0.2) is 9.97 Å². The molecule has 0 N–H and O–H groups in total. The molecule has 1 aromatic heterocycles. The molecule has 2 nitrogen and oxygen atoms in total. The van der Waals surface area contributed by atoms with Crippen molar-refractivity contribution in [2.45, 2.75) is 6.92 Å². The van der Waals surface area contributed by atoms with E-state index in [-0.39, 0.29) is 5.82 Å². The second-order valence-electron chi connectivity index (χ2n) is 4.44. The molecule has 0 bridgehead atoms. The molecule has 0 aliphatic rings. The Balaban J connectivity index is 2.33. The molecule has 0 spiro atoms. The molecular weight excluding hydrogens is 343 g/mol. The molecular formula is C15H9BrClFN2. The molecule has 2 aromatic carbocycles. The second kappa shape index (κ2) is 5.11. The van der Waals surface area contributed by atoms with Crippen LogP contribution >= 0.6 is 27.5 Å². The highest BCUT2D eigenvalue weighted by molar-refractivity contribution is 9.10. The minimum Gasteiger partial charge on any atom is -0.227 e. The van der Waals surface area contributed by atoms with Crippen molar-refractivity contribution in [3.05, 3.63) is 57.4 Å². The number of hydrogen-bond acceptors (Lipinski definition) is 2. The van der Waals surface area contributed by atoms with Gasteiger partial charge in [-0.2, -0.15) is 0 Å². The lowest BCUT2D eigenvalue weighted by atomic mass is 10.1. The highest BCUT2D eigenvalue weighted by Gasteiger charge is 2.13. The van der Waals surface area contributed by atoms with Gasteiger partial charge in [-0.1, -0.05) is 39.7 Å². The van der Waals surface area contributed by atoms with Crippen LogP contribution in [0, 0.1) is 12.7 Å². The van der Waals surface area contributed by atoms with Crippen LogP contribution in [-0.2, 0) is 0 Å². The molecule has 0 unspecified atom stereocenters. The van der Waals surface area contributed by atoms with Gasteiger partial charge in [0.15, 0.2) is 5.82 Å². The van der Waals surface area contributed by atoms with E-state index in [1.165, 1.54) is 6.07 Å². The van der Waals surface area contributed by atoms with E-state index < -0.39 is 0 Å². The smallest absolute Gasteiger partial charge is 0.164 e. The Bertz CT molecular complexity index is 820. The monoisotopic (exact) mass is 350 g/mol. The number of rotatable bonds is 1. The van der Waals surface area contributed by atoms with Crippen molar-refractivity contribution in [2.75, 3.05) is 0 Å². The third kappa shape index (κ3) is 2.30. The molecule has 20 heavy (non-hydrogen) atoms. The van der Waals surface area contributed by atoms with E-state index in [4.69, 9.17) is 11.6 Å². The standard InChI is InChI=1S/C15H9BrClFN2/c1-8-6-9(16)7-11-13(8)19-15(20-14(11)17)10-4-2-3-5-12(10)18/h2-7H,1H3. The molecule has 0 saturated heterocycles. The zero-order valence-corrected chi connectivity index (χ0v) is 12.8. The zero-order valence-electron chi connectivity index (χ0n) is 10.5. The van der Waals surface area contributed by atoms with Gasteiger partial charge in [-0.3, -0.25) is 0 Å². The molecule has 5 heteroatoms. The van der Waals surface area contributed by atoms with Crippen LogP contribution in [0.15, 0.2) is 40.9 Å². The topological polar surface area (TPSA) is 25.8 Å². The van der Waals surface area contributed by atoms with Crippen molar-refractivity contribution in [3.63, 3.8) is 0 Å². The first-order chi connectivity index (χ1) is 9.56. The maximum atomic E-state index is 13.8. The predicted octanol–water partition coefficient (Wildman–Crippen LogP) is 5.16. The summed E-state index contributed by atoms with van der Waals surface area (Å²) < 4.78 is 14.8. The van der Waals surface area contributed by atoms with Gasteiger partial charge in [-0.25, -0.2) is 14.4 Å². The number of halogens is 3. The van der Waals surface area contributed by atoms with Crippen LogP contribution in [0.2, 0.25) is 5.15 Å². The van der Waals surface area contributed by atoms with Gasteiger partial charge in [0.2, 0.25) is 0 Å². The largest absolute Gasteiger partial charge is 0.227 e. The molecule has 3 aromatic rings. The maximum Gasteiger partial charge on any atom is 0.164 e. The number of fused-ring (bicyclic) bond motifs is 1. The number of hydrogen-bond donors (Lipinski definition) is 0. The fourth-order valence-corrected chi connectivity index (χ4v) is 2.88.